The van der Waals surface area contributed by atoms with Crippen LogP contribution in [0.4, 0.5) is 10.1 Å². The van der Waals surface area contributed by atoms with Crippen molar-refractivity contribution >= 4 is 17.5 Å². The normalized spacial score (nSPS) is 13.4. The van der Waals surface area contributed by atoms with Crippen LogP contribution in [0.1, 0.15) is 16.7 Å². The van der Waals surface area contributed by atoms with Crippen LogP contribution in [-0.2, 0) is 6.54 Å². The highest BCUT2D eigenvalue weighted by molar-refractivity contribution is 5.82. The first kappa shape index (κ1) is 12.5. The number of nitrogens with two attached hydrogens (primary N) is 1. The van der Waals surface area contributed by atoms with Gasteiger partial charge in [-0.15, -0.1) is 0 Å². The Morgan fingerprint density at radius 1 is 1.10 bits per heavy atom. The summed E-state index contributed by atoms with van der Waals surface area (Å²) in [6.07, 6.45) is 3.95. The van der Waals surface area contributed by atoms with E-state index in [1.807, 2.05) is 35.4 Å². The number of halogens is 1. The van der Waals surface area contributed by atoms with Crippen LogP contribution < -0.4 is 5.73 Å². The van der Waals surface area contributed by atoms with Crippen LogP contribution in [0.15, 0.2) is 55.2 Å². The molecule has 0 saturated heterocycles. The fourth-order valence-electron chi connectivity index (χ4n) is 2.36. The Morgan fingerprint density at radius 2 is 1.85 bits per heavy atom. The number of nitrogen functional groups attached to an aromatic ring is 1. The zero-order valence-corrected chi connectivity index (χ0v) is 11.0. The summed E-state index contributed by atoms with van der Waals surface area (Å²) in [7, 11) is 0. The lowest BCUT2D eigenvalue weighted by molar-refractivity contribution is 0.526. The van der Waals surface area contributed by atoms with Crippen molar-refractivity contribution in [3.8, 4) is 0 Å². The summed E-state index contributed by atoms with van der Waals surface area (Å²) in [4.78, 5) is 2.04. The van der Waals surface area contributed by atoms with Crippen molar-refractivity contribution in [2.75, 3.05) is 5.73 Å². The van der Waals surface area contributed by atoms with E-state index in [1.165, 1.54) is 12.1 Å². The van der Waals surface area contributed by atoms with Gasteiger partial charge in [0.05, 0.1) is 0 Å². The Hall–Kier alpha value is -2.55. The Morgan fingerprint density at radius 3 is 2.60 bits per heavy atom. The summed E-state index contributed by atoms with van der Waals surface area (Å²) in [6, 6.07) is 12.3. The summed E-state index contributed by atoms with van der Waals surface area (Å²) >= 11 is 0. The maximum Gasteiger partial charge on any atom is 0.123 e. The highest BCUT2D eigenvalue weighted by atomic mass is 19.1. The Kier molecular flexibility index (Phi) is 3.03. The summed E-state index contributed by atoms with van der Waals surface area (Å²) < 4.78 is 12.9. The third-order valence-electron chi connectivity index (χ3n) is 3.48. The second kappa shape index (κ2) is 4.85. The molecule has 1 aliphatic rings. The van der Waals surface area contributed by atoms with Crippen molar-refractivity contribution in [2.24, 2.45) is 0 Å². The third kappa shape index (κ3) is 2.18. The first-order chi connectivity index (χ1) is 9.65. The SMILES string of the molecule is C=C1c2cccc(N)c2C=CN1Cc1ccc(F)cc1. The molecule has 100 valence electrons. The van der Waals surface area contributed by atoms with Gasteiger partial charge in [0.1, 0.15) is 5.82 Å². The molecule has 0 atom stereocenters. The molecule has 0 amide bonds. The van der Waals surface area contributed by atoms with Gasteiger partial charge in [-0.1, -0.05) is 30.8 Å². The van der Waals surface area contributed by atoms with E-state index in [4.69, 9.17) is 5.73 Å². The molecule has 1 heterocycles. The Balaban J connectivity index is 1.88. The van der Waals surface area contributed by atoms with Crippen molar-refractivity contribution in [1.82, 2.24) is 4.90 Å². The molecule has 2 aromatic carbocycles. The highest BCUT2D eigenvalue weighted by Crippen LogP contribution is 2.32. The number of benzene rings is 2. The smallest absolute Gasteiger partial charge is 0.123 e. The fraction of sp³-hybridized carbons (Fsp3) is 0.0588. The standard InChI is InChI=1S/C17H15FN2/c1-12-15-3-2-4-17(19)16(15)9-10-20(12)11-13-5-7-14(18)8-6-13/h2-10H,1,11,19H2. The number of nitrogens with zero attached hydrogens (tertiary/aromatic N) is 1. The van der Waals surface area contributed by atoms with Gasteiger partial charge in [0.25, 0.3) is 0 Å². The largest absolute Gasteiger partial charge is 0.398 e. The van der Waals surface area contributed by atoms with E-state index in [1.54, 1.807) is 12.1 Å². The van der Waals surface area contributed by atoms with Crippen LogP contribution in [0.5, 0.6) is 0 Å². The summed E-state index contributed by atoms with van der Waals surface area (Å²) in [5.74, 6) is -0.222. The van der Waals surface area contributed by atoms with Gasteiger partial charge in [0.15, 0.2) is 0 Å². The average molecular weight is 266 g/mol. The van der Waals surface area contributed by atoms with E-state index >= 15 is 0 Å². The molecule has 0 saturated carbocycles. The quantitative estimate of drug-likeness (QED) is 0.836. The van der Waals surface area contributed by atoms with Crippen LogP contribution in [0, 0.1) is 5.82 Å². The van der Waals surface area contributed by atoms with E-state index in [9.17, 15) is 4.39 Å². The molecule has 0 aliphatic carbocycles. The van der Waals surface area contributed by atoms with Crippen LogP contribution in [0.25, 0.3) is 11.8 Å². The fourth-order valence-corrected chi connectivity index (χ4v) is 2.36. The van der Waals surface area contributed by atoms with Gasteiger partial charge in [-0.25, -0.2) is 4.39 Å². The van der Waals surface area contributed by atoms with Crippen molar-refractivity contribution in [1.29, 1.82) is 0 Å². The minimum Gasteiger partial charge on any atom is -0.398 e. The molecule has 3 rings (SSSR count). The van der Waals surface area contributed by atoms with Crippen molar-refractivity contribution in [2.45, 2.75) is 6.54 Å². The molecule has 0 aromatic heterocycles. The lowest BCUT2D eigenvalue weighted by Gasteiger charge is -2.28. The monoisotopic (exact) mass is 266 g/mol. The van der Waals surface area contributed by atoms with E-state index < -0.39 is 0 Å². The number of hydrogen-bond donors (Lipinski definition) is 1. The van der Waals surface area contributed by atoms with Crippen LogP contribution in [-0.4, -0.2) is 4.90 Å². The summed E-state index contributed by atoms with van der Waals surface area (Å²) in [5.41, 5.74) is 10.7. The van der Waals surface area contributed by atoms with Gasteiger partial charge in [0.2, 0.25) is 0 Å². The molecular weight excluding hydrogens is 251 g/mol. The van der Waals surface area contributed by atoms with Gasteiger partial charge in [-0.2, -0.15) is 0 Å². The maximum absolute atomic E-state index is 12.9. The second-order valence-electron chi connectivity index (χ2n) is 4.83. The Labute approximate surface area is 117 Å². The molecule has 3 heteroatoms. The highest BCUT2D eigenvalue weighted by Gasteiger charge is 2.16. The van der Waals surface area contributed by atoms with Crippen molar-refractivity contribution < 1.29 is 4.39 Å². The first-order valence-corrected chi connectivity index (χ1v) is 6.42. The third-order valence-corrected chi connectivity index (χ3v) is 3.48. The zero-order chi connectivity index (χ0) is 14.1. The Bertz CT molecular complexity index is 687. The van der Waals surface area contributed by atoms with Gasteiger partial charge in [0, 0.05) is 35.3 Å². The van der Waals surface area contributed by atoms with E-state index in [0.717, 1.165) is 28.1 Å². The lowest BCUT2D eigenvalue weighted by Crippen LogP contribution is -2.18. The molecule has 2 N–H and O–H groups in total. The lowest BCUT2D eigenvalue weighted by atomic mass is 9.99. The van der Waals surface area contributed by atoms with Crippen molar-refractivity contribution in [3.63, 3.8) is 0 Å². The van der Waals surface area contributed by atoms with E-state index in [0.29, 0.717) is 6.54 Å². The van der Waals surface area contributed by atoms with Crippen LogP contribution in [0.3, 0.4) is 0 Å². The molecule has 0 bridgehead atoms. The first-order valence-electron chi connectivity index (χ1n) is 6.42. The average Bonchev–Trinajstić information content (AvgIpc) is 2.45. The molecule has 0 spiro atoms. The van der Waals surface area contributed by atoms with E-state index in [2.05, 4.69) is 6.58 Å². The zero-order valence-electron chi connectivity index (χ0n) is 11.0. The molecule has 20 heavy (non-hydrogen) atoms. The van der Waals surface area contributed by atoms with Gasteiger partial charge in [-0.3, -0.25) is 0 Å². The number of fused-ring (bicyclic) bond motifs is 1. The molecule has 0 unspecified atom stereocenters. The second-order valence-corrected chi connectivity index (χ2v) is 4.83. The van der Waals surface area contributed by atoms with Crippen molar-refractivity contribution in [3.05, 3.63) is 77.8 Å². The topological polar surface area (TPSA) is 29.3 Å². The molecule has 0 fully saturated rings. The van der Waals surface area contributed by atoms with Crippen LogP contribution in [0.2, 0.25) is 0 Å². The van der Waals surface area contributed by atoms with Gasteiger partial charge in [-0.05, 0) is 29.8 Å². The number of anilines is 1. The number of rotatable bonds is 2. The maximum atomic E-state index is 12.9. The predicted molar refractivity (Wildman–Crippen MR) is 80.9 cm³/mol. The number of hydrogen-bond acceptors (Lipinski definition) is 2. The predicted octanol–water partition coefficient (Wildman–Crippen LogP) is 3.87. The van der Waals surface area contributed by atoms with Crippen LogP contribution >= 0.6 is 0 Å². The molecular formula is C17H15FN2. The minimum absolute atomic E-state index is 0.222. The molecule has 2 aromatic rings. The summed E-state index contributed by atoms with van der Waals surface area (Å²) in [6.45, 7) is 4.79. The molecule has 1 aliphatic heterocycles. The molecule has 0 radical (unpaired) electrons. The van der Waals surface area contributed by atoms with Gasteiger partial charge < -0.3 is 10.6 Å². The van der Waals surface area contributed by atoms with Gasteiger partial charge >= 0.3 is 0 Å². The minimum atomic E-state index is -0.222. The summed E-state index contributed by atoms with van der Waals surface area (Å²) in [5, 5.41) is 0. The van der Waals surface area contributed by atoms with E-state index in [-0.39, 0.29) is 5.82 Å². The molecule has 2 nitrogen and oxygen atoms in total.